The van der Waals surface area contributed by atoms with Crippen LogP contribution in [0, 0.1) is 5.41 Å². The topological polar surface area (TPSA) is 38.5 Å². The zero-order valence-corrected chi connectivity index (χ0v) is 13.1. The molecule has 3 heteroatoms. The molecule has 1 aromatic rings. The van der Waals surface area contributed by atoms with Crippen LogP contribution in [0.4, 0.5) is 0 Å². The number of hydrogen-bond acceptors (Lipinski definition) is 3. The molecule has 0 spiro atoms. The number of benzene rings is 1. The van der Waals surface area contributed by atoms with E-state index in [-0.39, 0.29) is 0 Å². The number of nitrogens with two attached hydrogens (primary N) is 1. The molecule has 112 valence electrons. The Morgan fingerprint density at radius 3 is 2.60 bits per heavy atom. The van der Waals surface area contributed by atoms with E-state index in [4.69, 9.17) is 10.5 Å². The largest absolute Gasteiger partial charge is 0.496 e. The van der Waals surface area contributed by atoms with E-state index in [1.165, 1.54) is 37.9 Å². The molecule has 1 aromatic carbocycles. The van der Waals surface area contributed by atoms with Crippen LogP contribution in [-0.2, 0) is 13.1 Å². The summed E-state index contributed by atoms with van der Waals surface area (Å²) in [4.78, 5) is 2.58. The van der Waals surface area contributed by atoms with Gasteiger partial charge in [0.1, 0.15) is 5.75 Å². The maximum Gasteiger partial charge on any atom is 0.123 e. The third kappa shape index (κ3) is 3.15. The summed E-state index contributed by atoms with van der Waals surface area (Å²) in [6, 6.07) is 6.40. The number of ether oxygens (including phenoxy) is 1. The van der Waals surface area contributed by atoms with Gasteiger partial charge < -0.3 is 10.5 Å². The molecule has 3 nitrogen and oxygen atoms in total. The van der Waals surface area contributed by atoms with Gasteiger partial charge in [0.25, 0.3) is 0 Å². The molecule has 1 fully saturated rings. The van der Waals surface area contributed by atoms with Gasteiger partial charge in [-0.15, -0.1) is 0 Å². The van der Waals surface area contributed by atoms with Gasteiger partial charge in [-0.3, -0.25) is 4.90 Å². The van der Waals surface area contributed by atoms with Gasteiger partial charge in [-0.05, 0) is 48.9 Å². The van der Waals surface area contributed by atoms with Crippen LogP contribution in [0.25, 0.3) is 0 Å². The van der Waals surface area contributed by atoms with Crippen molar-refractivity contribution < 1.29 is 4.74 Å². The van der Waals surface area contributed by atoms with Gasteiger partial charge in [0.15, 0.2) is 0 Å². The van der Waals surface area contributed by atoms with E-state index in [0.717, 1.165) is 17.9 Å². The van der Waals surface area contributed by atoms with Crippen LogP contribution in [0.3, 0.4) is 0 Å². The number of rotatable bonds is 6. The summed E-state index contributed by atoms with van der Waals surface area (Å²) in [5.41, 5.74) is 8.78. The smallest absolute Gasteiger partial charge is 0.123 e. The highest BCUT2D eigenvalue weighted by atomic mass is 16.5. The molecule has 1 aliphatic rings. The van der Waals surface area contributed by atoms with Gasteiger partial charge in [-0.25, -0.2) is 0 Å². The fourth-order valence-corrected chi connectivity index (χ4v) is 3.34. The number of methoxy groups -OCH3 is 1. The van der Waals surface area contributed by atoms with E-state index in [1.54, 1.807) is 7.11 Å². The van der Waals surface area contributed by atoms with Crippen LogP contribution < -0.4 is 10.5 Å². The van der Waals surface area contributed by atoms with E-state index in [2.05, 4.69) is 30.9 Å². The Labute approximate surface area is 123 Å². The Balaban J connectivity index is 2.04. The van der Waals surface area contributed by atoms with Crippen LogP contribution in [0.5, 0.6) is 5.75 Å². The zero-order chi connectivity index (χ0) is 14.6. The lowest BCUT2D eigenvalue weighted by molar-refractivity contribution is 0.236. The van der Waals surface area contributed by atoms with Crippen molar-refractivity contribution in [2.45, 2.75) is 46.2 Å². The second kappa shape index (κ2) is 6.59. The highest BCUT2D eigenvalue weighted by Gasteiger charge is 2.34. The Kier molecular flexibility index (Phi) is 5.06. The molecule has 0 atom stereocenters. The first kappa shape index (κ1) is 15.3. The highest BCUT2D eigenvalue weighted by Crippen LogP contribution is 2.37. The summed E-state index contributed by atoms with van der Waals surface area (Å²) in [5, 5.41) is 0. The summed E-state index contributed by atoms with van der Waals surface area (Å²) in [6.07, 6.45) is 3.91. The predicted molar refractivity (Wildman–Crippen MR) is 83.8 cm³/mol. The second-order valence-electron chi connectivity index (χ2n) is 6.02. The molecule has 2 N–H and O–H groups in total. The van der Waals surface area contributed by atoms with Crippen molar-refractivity contribution in [3.8, 4) is 5.75 Å². The summed E-state index contributed by atoms with van der Waals surface area (Å²) in [5.74, 6) is 0.897. The normalized spacial score (nSPS) is 18.4. The van der Waals surface area contributed by atoms with E-state index < -0.39 is 0 Å². The number of hydrogen-bond donors (Lipinski definition) is 1. The lowest BCUT2D eigenvalue weighted by Gasteiger charge is -2.26. The molecule has 0 aliphatic carbocycles. The van der Waals surface area contributed by atoms with Crippen LogP contribution in [0.15, 0.2) is 18.2 Å². The van der Waals surface area contributed by atoms with Crippen molar-refractivity contribution in [2.24, 2.45) is 11.1 Å². The molecular weight excluding hydrogens is 248 g/mol. The molecule has 1 saturated heterocycles. The molecule has 2 rings (SSSR count). The molecule has 1 heterocycles. The average molecular weight is 276 g/mol. The third-order valence-electron chi connectivity index (χ3n) is 4.99. The molecule has 0 unspecified atom stereocenters. The van der Waals surface area contributed by atoms with Crippen molar-refractivity contribution in [1.82, 2.24) is 4.90 Å². The SMILES string of the molecule is CCC1(CC)CCN(Cc2ccc(OC)c(CN)c2)C1. The molecule has 0 amide bonds. The quantitative estimate of drug-likeness (QED) is 0.867. The van der Waals surface area contributed by atoms with Gasteiger partial charge in [-0.2, -0.15) is 0 Å². The highest BCUT2D eigenvalue weighted by molar-refractivity contribution is 5.37. The van der Waals surface area contributed by atoms with Gasteiger partial charge in [0, 0.05) is 25.2 Å². The molecule has 0 aromatic heterocycles. The first-order chi connectivity index (χ1) is 9.66. The third-order valence-corrected chi connectivity index (χ3v) is 4.99. The Morgan fingerprint density at radius 1 is 1.30 bits per heavy atom. The maximum atomic E-state index is 5.80. The minimum Gasteiger partial charge on any atom is -0.496 e. The number of nitrogens with zero attached hydrogens (tertiary/aromatic N) is 1. The molecule has 1 aliphatic heterocycles. The van der Waals surface area contributed by atoms with Crippen LogP contribution in [0.1, 0.15) is 44.2 Å². The Hall–Kier alpha value is -1.06. The summed E-state index contributed by atoms with van der Waals surface area (Å²) in [6.45, 7) is 8.65. The Morgan fingerprint density at radius 2 is 2.05 bits per heavy atom. The fourth-order valence-electron chi connectivity index (χ4n) is 3.34. The first-order valence-electron chi connectivity index (χ1n) is 7.74. The summed E-state index contributed by atoms with van der Waals surface area (Å²) >= 11 is 0. The minimum absolute atomic E-state index is 0.533. The summed E-state index contributed by atoms with van der Waals surface area (Å²) < 4.78 is 5.34. The monoisotopic (exact) mass is 276 g/mol. The average Bonchev–Trinajstić information content (AvgIpc) is 2.91. The van der Waals surface area contributed by atoms with E-state index in [1.807, 2.05) is 6.07 Å². The minimum atomic E-state index is 0.533. The van der Waals surface area contributed by atoms with Crippen molar-refractivity contribution in [3.63, 3.8) is 0 Å². The lowest BCUT2D eigenvalue weighted by atomic mass is 9.82. The number of likely N-dealkylation sites (tertiary alicyclic amines) is 1. The van der Waals surface area contributed by atoms with E-state index in [9.17, 15) is 0 Å². The standard InChI is InChI=1S/C17H28N2O/c1-4-17(5-2)8-9-19(13-17)12-14-6-7-16(20-3)15(10-14)11-18/h6-7,10H,4-5,8-9,11-13,18H2,1-3H3. The molecular formula is C17H28N2O. The van der Waals surface area contributed by atoms with E-state index in [0.29, 0.717) is 12.0 Å². The molecule has 0 radical (unpaired) electrons. The van der Waals surface area contributed by atoms with Crippen molar-refractivity contribution in [3.05, 3.63) is 29.3 Å². The maximum absolute atomic E-state index is 5.80. The van der Waals surface area contributed by atoms with Crippen LogP contribution in [-0.4, -0.2) is 25.1 Å². The Bertz CT molecular complexity index is 441. The lowest BCUT2D eigenvalue weighted by Crippen LogP contribution is -2.26. The van der Waals surface area contributed by atoms with Crippen LogP contribution in [0.2, 0.25) is 0 Å². The molecule has 0 bridgehead atoms. The molecule has 20 heavy (non-hydrogen) atoms. The van der Waals surface area contributed by atoms with Crippen molar-refractivity contribution >= 4 is 0 Å². The van der Waals surface area contributed by atoms with E-state index >= 15 is 0 Å². The fraction of sp³-hybridized carbons (Fsp3) is 0.647. The van der Waals surface area contributed by atoms with Gasteiger partial charge in [-0.1, -0.05) is 19.9 Å². The summed E-state index contributed by atoms with van der Waals surface area (Å²) in [7, 11) is 1.70. The van der Waals surface area contributed by atoms with Crippen LogP contribution >= 0.6 is 0 Å². The van der Waals surface area contributed by atoms with Gasteiger partial charge in [0.05, 0.1) is 7.11 Å². The molecule has 0 saturated carbocycles. The van der Waals surface area contributed by atoms with Gasteiger partial charge in [0.2, 0.25) is 0 Å². The van der Waals surface area contributed by atoms with Crippen molar-refractivity contribution in [1.29, 1.82) is 0 Å². The first-order valence-corrected chi connectivity index (χ1v) is 7.74. The van der Waals surface area contributed by atoms with Crippen molar-refractivity contribution in [2.75, 3.05) is 20.2 Å². The van der Waals surface area contributed by atoms with Gasteiger partial charge >= 0.3 is 0 Å². The predicted octanol–water partition coefficient (Wildman–Crippen LogP) is 3.17. The zero-order valence-electron chi connectivity index (χ0n) is 13.1. The second-order valence-corrected chi connectivity index (χ2v) is 6.02.